The largest absolute Gasteiger partial charge is 0.490 e. The van der Waals surface area contributed by atoms with Crippen molar-refractivity contribution in [1.82, 2.24) is 0 Å². The smallest absolute Gasteiger partial charge is 0.343 e. The van der Waals surface area contributed by atoms with Crippen LogP contribution in [0.25, 0.3) is 0 Å². The SMILES string of the molecule is CCCCOc1ccc(C2C(C#N)=C(N)Oc3cc(OC(=O)c4ccc(Cl)cc4)ccc32)cc1OCC. The minimum Gasteiger partial charge on any atom is -0.490 e. The third-order valence-electron chi connectivity index (χ3n) is 5.84. The lowest BCUT2D eigenvalue weighted by Crippen LogP contribution is -2.21. The van der Waals surface area contributed by atoms with Gasteiger partial charge in [-0.2, -0.15) is 5.26 Å². The highest BCUT2D eigenvalue weighted by molar-refractivity contribution is 6.30. The highest BCUT2D eigenvalue weighted by atomic mass is 35.5. The zero-order valence-electron chi connectivity index (χ0n) is 20.6. The molecule has 0 amide bonds. The summed E-state index contributed by atoms with van der Waals surface area (Å²) in [5, 5.41) is 10.4. The van der Waals surface area contributed by atoms with Gasteiger partial charge in [-0.15, -0.1) is 0 Å². The Morgan fingerprint density at radius 1 is 1.05 bits per heavy atom. The average Bonchev–Trinajstić information content (AvgIpc) is 2.89. The van der Waals surface area contributed by atoms with E-state index in [1.54, 1.807) is 42.5 Å². The number of nitrogens with two attached hydrogens (primary N) is 1. The summed E-state index contributed by atoms with van der Waals surface area (Å²) >= 11 is 5.90. The minimum atomic E-state index is -0.537. The van der Waals surface area contributed by atoms with E-state index in [0.717, 1.165) is 18.4 Å². The number of nitriles is 1. The van der Waals surface area contributed by atoms with Gasteiger partial charge in [-0.25, -0.2) is 4.79 Å². The van der Waals surface area contributed by atoms with Crippen molar-refractivity contribution in [2.75, 3.05) is 13.2 Å². The number of fused-ring (bicyclic) bond motifs is 1. The second-order valence-electron chi connectivity index (χ2n) is 8.36. The first-order valence-corrected chi connectivity index (χ1v) is 12.4. The highest BCUT2D eigenvalue weighted by Crippen LogP contribution is 2.45. The van der Waals surface area contributed by atoms with Crippen molar-refractivity contribution in [3.8, 4) is 29.1 Å². The third-order valence-corrected chi connectivity index (χ3v) is 6.09. The molecule has 0 spiro atoms. The molecular formula is C29H27ClN2O5. The van der Waals surface area contributed by atoms with E-state index in [1.807, 2.05) is 25.1 Å². The van der Waals surface area contributed by atoms with E-state index in [1.165, 1.54) is 0 Å². The molecule has 0 radical (unpaired) electrons. The number of carbonyl (C=O) groups is 1. The van der Waals surface area contributed by atoms with Crippen molar-refractivity contribution in [2.45, 2.75) is 32.6 Å². The Bertz CT molecular complexity index is 1360. The number of nitrogens with zero attached hydrogens (tertiary/aromatic N) is 1. The number of esters is 1. The highest BCUT2D eigenvalue weighted by Gasteiger charge is 2.32. The first-order chi connectivity index (χ1) is 17.9. The fourth-order valence-electron chi connectivity index (χ4n) is 4.01. The van der Waals surface area contributed by atoms with E-state index in [-0.39, 0.29) is 17.2 Å². The number of hydrogen-bond donors (Lipinski definition) is 1. The lowest BCUT2D eigenvalue weighted by atomic mass is 9.83. The predicted molar refractivity (Wildman–Crippen MR) is 140 cm³/mol. The van der Waals surface area contributed by atoms with Gasteiger partial charge in [0.25, 0.3) is 0 Å². The molecule has 0 saturated heterocycles. The molecular weight excluding hydrogens is 492 g/mol. The lowest BCUT2D eigenvalue weighted by Gasteiger charge is -2.27. The molecule has 0 aliphatic carbocycles. The van der Waals surface area contributed by atoms with Crippen LogP contribution < -0.4 is 24.7 Å². The second-order valence-corrected chi connectivity index (χ2v) is 8.80. The molecule has 8 heteroatoms. The van der Waals surface area contributed by atoms with Crippen molar-refractivity contribution >= 4 is 17.6 Å². The van der Waals surface area contributed by atoms with Crippen LogP contribution in [-0.2, 0) is 0 Å². The molecule has 4 rings (SSSR count). The number of rotatable bonds is 9. The Morgan fingerprint density at radius 3 is 2.54 bits per heavy atom. The van der Waals surface area contributed by atoms with Crippen LogP contribution in [0.5, 0.6) is 23.0 Å². The Morgan fingerprint density at radius 2 is 1.84 bits per heavy atom. The maximum Gasteiger partial charge on any atom is 0.343 e. The molecule has 3 aromatic rings. The van der Waals surface area contributed by atoms with Crippen LogP contribution in [0.4, 0.5) is 0 Å². The number of hydrogen-bond acceptors (Lipinski definition) is 7. The molecule has 190 valence electrons. The van der Waals surface area contributed by atoms with E-state index in [9.17, 15) is 10.1 Å². The number of halogens is 1. The first kappa shape index (κ1) is 25.9. The maximum absolute atomic E-state index is 12.6. The molecule has 7 nitrogen and oxygen atoms in total. The molecule has 2 N–H and O–H groups in total. The summed E-state index contributed by atoms with van der Waals surface area (Å²) in [4.78, 5) is 12.6. The van der Waals surface area contributed by atoms with E-state index in [4.69, 9.17) is 36.3 Å². The van der Waals surface area contributed by atoms with Crippen LogP contribution in [0.15, 0.2) is 72.1 Å². The minimum absolute atomic E-state index is 0.0117. The van der Waals surface area contributed by atoms with Gasteiger partial charge in [0, 0.05) is 16.7 Å². The molecule has 0 fully saturated rings. The van der Waals surface area contributed by atoms with Crippen LogP contribution in [-0.4, -0.2) is 19.2 Å². The molecule has 1 aliphatic heterocycles. The summed E-state index contributed by atoms with van der Waals surface area (Å²) in [6, 6.07) is 19.2. The lowest BCUT2D eigenvalue weighted by molar-refractivity contribution is 0.0734. The van der Waals surface area contributed by atoms with Gasteiger partial charge in [-0.1, -0.05) is 37.1 Å². The van der Waals surface area contributed by atoms with E-state index in [0.29, 0.717) is 46.6 Å². The van der Waals surface area contributed by atoms with Gasteiger partial charge in [-0.05, 0) is 61.4 Å². The average molecular weight is 519 g/mol. The van der Waals surface area contributed by atoms with Crippen LogP contribution in [0.1, 0.15) is 54.1 Å². The number of ether oxygens (including phenoxy) is 4. The Balaban J connectivity index is 1.67. The fraction of sp³-hybridized carbons (Fsp3) is 0.241. The molecule has 3 aromatic carbocycles. The van der Waals surface area contributed by atoms with Crippen molar-refractivity contribution in [2.24, 2.45) is 5.73 Å². The van der Waals surface area contributed by atoms with E-state index < -0.39 is 11.9 Å². The van der Waals surface area contributed by atoms with Crippen molar-refractivity contribution < 1.29 is 23.7 Å². The van der Waals surface area contributed by atoms with E-state index >= 15 is 0 Å². The zero-order valence-corrected chi connectivity index (χ0v) is 21.4. The molecule has 1 unspecified atom stereocenters. The van der Waals surface area contributed by atoms with Gasteiger partial charge in [0.05, 0.1) is 24.7 Å². The summed E-state index contributed by atoms with van der Waals surface area (Å²) in [7, 11) is 0. The summed E-state index contributed by atoms with van der Waals surface area (Å²) < 4.78 is 23.0. The molecule has 1 heterocycles. The predicted octanol–water partition coefficient (Wildman–Crippen LogP) is 6.35. The number of unbranched alkanes of at least 4 members (excludes halogenated alkanes) is 1. The Hall–Kier alpha value is -4.15. The summed E-state index contributed by atoms with van der Waals surface area (Å²) in [6.45, 7) is 5.05. The first-order valence-electron chi connectivity index (χ1n) is 12.0. The van der Waals surface area contributed by atoms with Crippen LogP contribution in [0, 0.1) is 11.3 Å². The standard InChI is InChI=1S/C29H27ClN2O5/c1-3-5-14-35-24-13-8-19(15-26(24)34-4-2)27-22-12-11-21(16-25(22)37-28(32)23(27)17-31)36-29(33)18-6-9-20(30)10-7-18/h6-13,15-16,27H,3-5,14,32H2,1-2H3. The molecule has 37 heavy (non-hydrogen) atoms. The van der Waals surface area contributed by atoms with Crippen LogP contribution >= 0.6 is 11.6 Å². The fourth-order valence-corrected chi connectivity index (χ4v) is 4.14. The molecule has 0 aromatic heterocycles. The third kappa shape index (κ3) is 5.82. The summed E-state index contributed by atoms with van der Waals surface area (Å²) in [6.07, 6.45) is 1.96. The maximum atomic E-state index is 12.6. The monoisotopic (exact) mass is 518 g/mol. The number of carbonyl (C=O) groups excluding carboxylic acids is 1. The van der Waals surface area contributed by atoms with Gasteiger partial charge in [0.2, 0.25) is 5.88 Å². The zero-order chi connectivity index (χ0) is 26.4. The van der Waals surface area contributed by atoms with Gasteiger partial charge in [0.15, 0.2) is 11.5 Å². The van der Waals surface area contributed by atoms with E-state index in [2.05, 4.69) is 13.0 Å². The van der Waals surface area contributed by atoms with Crippen molar-refractivity contribution in [3.05, 3.63) is 93.8 Å². The van der Waals surface area contributed by atoms with Gasteiger partial charge in [-0.3, -0.25) is 0 Å². The summed E-state index contributed by atoms with van der Waals surface area (Å²) in [5.41, 5.74) is 8.29. The van der Waals surface area contributed by atoms with Crippen LogP contribution in [0.2, 0.25) is 5.02 Å². The molecule has 1 aliphatic rings. The van der Waals surface area contributed by atoms with Crippen molar-refractivity contribution in [1.29, 1.82) is 5.26 Å². The summed E-state index contributed by atoms with van der Waals surface area (Å²) in [5.74, 6) is 0.857. The molecule has 0 saturated carbocycles. The van der Waals surface area contributed by atoms with Crippen molar-refractivity contribution in [3.63, 3.8) is 0 Å². The van der Waals surface area contributed by atoms with Crippen LogP contribution in [0.3, 0.4) is 0 Å². The molecule has 1 atom stereocenters. The Kier molecular flexibility index (Phi) is 8.22. The van der Waals surface area contributed by atoms with Gasteiger partial charge in [0.1, 0.15) is 23.1 Å². The Labute approximate surface area is 221 Å². The second kappa shape index (κ2) is 11.7. The molecule has 0 bridgehead atoms. The van der Waals surface area contributed by atoms with Gasteiger partial charge >= 0.3 is 5.97 Å². The van der Waals surface area contributed by atoms with Gasteiger partial charge < -0.3 is 24.7 Å². The quantitative estimate of drug-likeness (QED) is 0.200. The normalized spacial score (nSPS) is 14.3. The number of allylic oxidation sites excluding steroid dienone is 1. The number of benzene rings is 3. The topological polar surface area (TPSA) is 104 Å².